The van der Waals surface area contributed by atoms with Gasteiger partial charge in [0.05, 0.1) is 40.8 Å². The quantitative estimate of drug-likeness (QED) is 0.0160. The number of nitrogens with two attached hydrogens (primary N) is 2. The minimum Gasteiger partial charge on any atom is -0.481 e. The van der Waals surface area contributed by atoms with Crippen molar-refractivity contribution in [2.75, 3.05) is 54.1 Å². The van der Waals surface area contributed by atoms with E-state index >= 15 is 0 Å². The van der Waals surface area contributed by atoms with Gasteiger partial charge in [0.25, 0.3) is 16.0 Å². The van der Waals surface area contributed by atoms with Gasteiger partial charge in [-0.05, 0) is 146 Å². The van der Waals surface area contributed by atoms with Crippen LogP contribution in [0.5, 0.6) is 0 Å². The number of hydrogen-bond donors (Lipinski definition) is 11. The van der Waals surface area contributed by atoms with Gasteiger partial charge < -0.3 is 67.3 Å². The molecule has 2 unspecified atom stereocenters. The average Bonchev–Trinajstić information content (AvgIpc) is 0.724. The van der Waals surface area contributed by atoms with Crippen molar-refractivity contribution in [2.45, 2.75) is 148 Å². The number of amides is 7. The van der Waals surface area contributed by atoms with Crippen LogP contribution < -0.4 is 43.0 Å². The number of carboxylic acid groups (broad SMARTS) is 3. The van der Waals surface area contributed by atoms with Gasteiger partial charge in [0.2, 0.25) is 17.7 Å². The van der Waals surface area contributed by atoms with Gasteiger partial charge in [-0.2, -0.15) is 26.7 Å². The van der Waals surface area contributed by atoms with E-state index in [9.17, 15) is 74.7 Å². The number of urea groups is 1. The van der Waals surface area contributed by atoms with E-state index in [0.717, 1.165) is 59.1 Å². The highest BCUT2D eigenvalue weighted by atomic mass is 32.2. The molecule has 560 valence electrons. The van der Waals surface area contributed by atoms with E-state index < -0.39 is 99.4 Å². The Balaban J connectivity index is 0.00000170. The van der Waals surface area contributed by atoms with Crippen molar-refractivity contribution in [1.82, 2.24) is 40.6 Å². The van der Waals surface area contributed by atoms with Crippen LogP contribution in [0.2, 0.25) is 0 Å². The molecule has 4 saturated carbocycles. The maximum atomic E-state index is 13.8. The topological polar surface area (TPSA) is 449 Å². The Hall–Kier alpha value is -9.84. The molecule has 6 aromatic rings. The summed E-state index contributed by atoms with van der Waals surface area (Å²) in [5.41, 5.74) is 15.6. The molecule has 0 saturated heterocycles. The van der Waals surface area contributed by atoms with Crippen molar-refractivity contribution in [3.63, 3.8) is 0 Å². The number of carbonyl (C=O) groups is 9. The molecule has 5 aliphatic rings. The Bertz CT molecular complexity index is 4310. The summed E-state index contributed by atoms with van der Waals surface area (Å²) in [6.45, 7) is 11.0. The molecular weight excluding hydrogens is 1400 g/mol. The number of nitrogens with one attached hydrogen (secondary N) is 5. The Labute approximate surface area is 599 Å². The number of alkyl halides is 3. The van der Waals surface area contributed by atoms with E-state index in [4.69, 9.17) is 40.9 Å². The van der Waals surface area contributed by atoms with Crippen LogP contribution in [0.1, 0.15) is 129 Å². The van der Waals surface area contributed by atoms with E-state index in [2.05, 4.69) is 45.4 Å². The lowest BCUT2D eigenvalue weighted by atomic mass is 9.39. The third kappa shape index (κ3) is 19.9. The number of thiazole rings is 1. The zero-order valence-electron chi connectivity index (χ0n) is 57.7. The summed E-state index contributed by atoms with van der Waals surface area (Å²) in [6.07, 6.45) is 1.44. The number of benzene rings is 3. The third-order valence-corrected chi connectivity index (χ3v) is 20.7. The molecule has 3 aromatic heterocycles. The molecule has 30 nitrogen and oxygen atoms in total. The fraction of sp³-hybridized carbons (Fsp3) is 0.478. The molecule has 1 aliphatic heterocycles. The number of nitrogens with zero attached hydrogens (tertiary/aromatic N) is 6. The number of pyridine rings is 1. The van der Waals surface area contributed by atoms with E-state index in [0.29, 0.717) is 65.7 Å². The van der Waals surface area contributed by atoms with Gasteiger partial charge in [0, 0.05) is 67.3 Å². The second-order valence-electron chi connectivity index (χ2n) is 28.2. The Morgan fingerprint density at radius 3 is 2.14 bits per heavy atom. The molecular formula is C69H84F3N13O17S2. The van der Waals surface area contributed by atoms with Gasteiger partial charge in [0.1, 0.15) is 30.6 Å². The molecule has 4 aliphatic carbocycles. The van der Waals surface area contributed by atoms with Crippen LogP contribution in [-0.2, 0) is 69.7 Å². The normalized spacial score (nSPS) is 20.4. The second kappa shape index (κ2) is 32.0. The number of primary amides is 1. The number of carboxylic acids is 3. The summed E-state index contributed by atoms with van der Waals surface area (Å²) >= 11 is 1.40. The van der Waals surface area contributed by atoms with Crippen LogP contribution in [0.25, 0.3) is 21.3 Å². The number of halogens is 3. The first kappa shape index (κ1) is 78.3. The predicted octanol–water partition coefficient (Wildman–Crippen LogP) is 7.49. The summed E-state index contributed by atoms with van der Waals surface area (Å²) in [5.74, 6) is -9.03. The van der Waals surface area contributed by atoms with Gasteiger partial charge >= 0.3 is 36.2 Å². The average molecular weight is 1490 g/mol. The molecule has 4 bridgehead atoms. The summed E-state index contributed by atoms with van der Waals surface area (Å²) in [7, 11) is -4.62. The van der Waals surface area contributed by atoms with Crippen LogP contribution >= 0.6 is 11.3 Å². The molecule has 13 N–H and O–H groups in total. The first-order valence-electron chi connectivity index (χ1n) is 33.5. The van der Waals surface area contributed by atoms with Crippen molar-refractivity contribution in [3.05, 3.63) is 119 Å². The maximum absolute atomic E-state index is 13.8. The molecule has 0 radical (unpaired) electrons. The van der Waals surface area contributed by atoms with Crippen molar-refractivity contribution in [1.29, 1.82) is 0 Å². The number of para-hydroxylation sites is 1. The lowest BCUT2D eigenvalue weighted by Crippen LogP contribution is -2.64. The highest BCUT2D eigenvalue weighted by Crippen LogP contribution is 2.72. The number of aromatic carboxylic acids is 1. The largest absolute Gasteiger partial charge is 0.490 e. The molecule has 4 fully saturated rings. The molecule has 11 rings (SSSR count). The van der Waals surface area contributed by atoms with Crippen LogP contribution in [0.4, 0.5) is 39.4 Å². The number of fused-ring (bicyclic) bond motifs is 2. The van der Waals surface area contributed by atoms with Crippen LogP contribution in [0, 0.1) is 29.1 Å². The van der Waals surface area contributed by atoms with E-state index in [-0.39, 0.29) is 85.6 Å². The van der Waals surface area contributed by atoms with Gasteiger partial charge in [-0.1, -0.05) is 75.4 Å². The SMILES string of the molecule is Cc1c(-c2ccc(N3CCc4cccc(C(=O)Nc5nc6ccccc6s5)c4C3)nc2C(=O)O)cnn1CC12CC3(C)CC(C)(C1)CC(OCCN(CCC(=O)O)C(=O)OCc1ccc(NC(=O)[C@H](CCCNC(N)=O)NC(=O)[C@@H](NC(=O)[C@@H](N)CS(=O)(=O)O)C(C)C)cc1)(C3)C2.O=C(O)C(F)(F)F. The van der Waals surface area contributed by atoms with E-state index in [1.165, 1.54) is 16.2 Å². The predicted molar refractivity (Wildman–Crippen MR) is 374 cm³/mol. The third-order valence-electron chi connectivity index (χ3n) is 19.0. The fourth-order valence-electron chi connectivity index (χ4n) is 15.6. The number of rotatable bonds is 29. The number of aromatic nitrogens is 4. The maximum Gasteiger partial charge on any atom is 0.490 e. The Morgan fingerprint density at radius 2 is 1.51 bits per heavy atom. The number of hydrogen-bond acceptors (Lipinski definition) is 19. The Kier molecular flexibility index (Phi) is 24.1. The molecule has 35 heteroatoms. The fourth-order valence-corrected chi connectivity index (χ4v) is 17.1. The second-order valence-corrected chi connectivity index (χ2v) is 30.7. The Morgan fingerprint density at radius 1 is 0.817 bits per heavy atom. The number of ether oxygens (including phenoxy) is 2. The molecule has 7 amide bonds. The van der Waals surface area contributed by atoms with Crippen molar-refractivity contribution in [3.8, 4) is 11.1 Å². The summed E-state index contributed by atoms with van der Waals surface area (Å²) in [6, 6.07) is 18.2. The molecule has 4 heterocycles. The van der Waals surface area contributed by atoms with Crippen molar-refractivity contribution in [2.24, 2.45) is 33.6 Å². The molecule has 104 heavy (non-hydrogen) atoms. The van der Waals surface area contributed by atoms with Gasteiger partial charge in [-0.15, -0.1) is 0 Å². The molecule has 0 spiro atoms. The number of aliphatic carboxylic acids is 2. The highest BCUT2D eigenvalue weighted by Gasteiger charge is 2.66. The number of carbonyl (C=O) groups excluding carboxylic acids is 6. The lowest BCUT2D eigenvalue weighted by Gasteiger charge is -2.69. The van der Waals surface area contributed by atoms with Crippen LogP contribution in [-0.4, -0.2) is 175 Å². The molecule has 5 atom stereocenters. The minimum absolute atomic E-state index is 0.00168. The van der Waals surface area contributed by atoms with Gasteiger partial charge in [-0.3, -0.25) is 38.5 Å². The van der Waals surface area contributed by atoms with Gasteiger partial charge in [0.15, 0.2) is 10.8 Å². The lowest BCUT2D eigenvalue weighted by molar-refractivity contribution is -0.248. The summed E-state index contributed by atoms with van der Waals surface area (Å²) in [5, 5.41) is 46.1. The van der Waals surface area contributed by atoms with Crippen molar-refractivity contribution >= 4 is 102 Å². The smallest absolute Gasteiger partial charge is 0.481 e. The summed E-state index contributed by atoms with van der Waals surface area (Å²) in [4.78, 5) is 126. The summed E-state index contributed by atoms with van der Waals surface area (Å²) < 4.78 is 79.3. The first-order chi connectivity index (χ1) is 48.8. The monoisotopic (exact) mass is 1490 g/mol. The highest BCUT2D eigenvalue weighted by molar-refractivity contribution is 7.85. The number of anilines is 3. The van der Waals surface area contributed by atoms with Crippen molar-refractivity contribution < 1.29 is 94.1 Å². The van der Waals surface area contributed by atoms with E-state index in [1.54, 1.807) is 56.4 Å². The standard InChI is InChI=1S/C67H83N13O15S2.C2HF3O2/c1-39(2)54(76-57(84)48(68)31-97(91,92)93)59(86)73-50(13-9-23-70-61(69)89)58(85)72-43-17-15-41(16-18-43)30-94-63(90)78(25-22-53(81)82)26-27-95-67-35-64(4)32-65(5,36-67)34-66(33-64,37-67)38-80-40(3)46(28-71-80)44-19-20-52(75-55(44)60(87)88)79-24-21-42-10-8-11-45(47(42)29-79)56(83)77-62-74-49-12-6-7-14-51(49)96-62;3-2(4,5)1(6)7/h6-8,10-12,14-20,28,39,48,50,54H,9,13,21-27,29-38,68H2,1-5H3,(H,72,85)(H,73,86)(H,76,84)(H,81,82)(H,87,88)(H3,69,70,89)(H,74,77,83)(H,91,92,93);(H,6,7)/t48-,50-,54-,64?,65?,66?,67?;/m0./s1. The zero-order chi connectivity index (χ0) is 75.9. The zero-order valence-corrected chi connectivity index (χ0v) is 59.3. The van der Waals surface area contributed by atoms with Crippen LogP contribution in [0.3, 0.4) is 0 Å². The molecule has 3 aromatic carbocycles. The van der Waals surface area contributed by atoms with Gasteiger partial charge in [-0.25, -0.2) is 29.1 Å². The van der Waals surface area contributed by atoms with Crippen LogP contribution in [0.15, 0.2) is 85.1 Å². The minimum atomic E-state index is -5.08. The first-order valence-corrected chi connectivity index (χ1v) is 35.9. The van der Waals surface area contributed by atoms with E-state index in [1.807, 2.05) is 59.0 Å².